The van der Waals surface area contributed by atoms with Crippen LogP contribution in [0.3, 0.4) is 0 Å². The lowest BCUT2D eigenvalue weighted by Crippen LogP contribution is -2.32. The number of hydrogen-bond donors (Lipinski definition) is 1. The predicted octanol–water partition coefficient (Wildman–Crippen LogP) is 2.43. The average molecular weight is 266 g/mol. The van der Waals surface area contributed by atoms with E-state index in [4.69, 9.17) is 9.47 Å². The number of pyridine rings is 1. The van der Waals surface area contributed by atoms with Crippen molar-refractivity contribution in [2.24, 2.45) is 0 Å². The van der Waals surface area contributed by atoms with Crippen molar-refractivity contribution in [3.8, 4) is 5.88 Å². The van der Waals surface area contributed by atoms with Gasteiger partial charge < -0.3 is 14.8 Å². The molecule has 1 atom stereocenters. The second kappa shape index (κ2) is 7.46. The fraction of sp³-hybridized carbons (Fsp3) is 0.667. The molecule has 0 aliphatic carbocycles. The normalized spacial score (nSPS) is 13.3. The van der Waals surface area contributed by atoms with Crippen LogP contribution >= 0.6 is 0 Å². The van der Waals surface area contributed by atoms with Crippen LogP contribution in [0.25, 0.3) is 0 Å². The van der Waals surface area contributed by atoms with E-state index in [9.17, 15) is 0 Å². The van der Waals surface area contributed by atoms with Crippen LogP contribution in [0.4, 0.5) is 0 Å². The first-order valence-electron chi connectivity index (χ1n) is 6.72. The van der Waals surface area contributed by atoms with E-state index in [0.717, 1.165) is 19.3 Å². The van der Waals surface area contributed by atoms with E-state index in [1.807, 2.05) is 19.3 Å². The monoisotopic (exact) mass is 266 g/mol. The fourth-order valence-electron chi connectivity index (χ4n) is 1.91. The summed E-state index contributed by atoms with van der Waals surface area (Å²) in [4.78, 5) is 4.23. The molecule has 0 saturated carbocycles. The van der Waals surface area contributed by atoms with Gasteiger partial charge in [0.1, 0.15) is 0 Å². The molecule has 1 aromatic rings. The smallest absolute Gasteiger partial charge is 0.212 e. The van der Waals surface area contributed by atoms with Gasteiger partial charge in [-0.25, -0.2) is 4.98 Å². The molecule has 108 valence electrons. The molecule has 0 fully saturated rings. The van der Waals surface area contributed by atoms with Crippen LogP contribution in [0.5, 0.6) is 5.88 Å². The highest BCUT2D eigenvalue weighted by Gasteiger charge is 2.18. The zero-order valence-corrected chi connectivity index (χ0v) is 12.7. The maximum absolute atomic E-state index is 5.46. The summed E-state index contributed by atoms with van der Waals surface area (Å²) in [6, 6.07) is 4.41. The highest BCUT2D eigenvalue weighted by atomic mass is 16.5. The summed E-state index contributed by atoms with van der Waals surface area (Å²) in [7, 11) is 5.40. The summed E-state index contributed by atoms with van der Waals surface area (Å²) in [5.74, 6) is 0.658. The number of nitrogens with zero attached hydrogens (tertiary/aromatic N) is 1. The molecule has 0 radical (unpaired) electrons. The van der Waals surface area contributed by atoms with Gasteiger partial charge >= 0.3 is 0 Å². The van der Waals surface area contributed by atoms with Crippen molar-refractivity contribution in [3.05, 3.63) is 23.9 Å². The Hall–Kier alpha value is -1.13. The van der Waals surface area contributed by atoms with Crippen molar-refractivity contribution < 1.29 is 9.47 Å². The molecule has 0 bridgehead atoms. The Balaban J connectivity index is 2.51. The van der Waals surface area contributed by atoms with Gasteiger partial charge in [0.15, 0.2) is 0 Å². The second-order valence-corrected chi connectivity index (χ2v) is 5.40. The van der Waals surface area contributed by atoms with Gasteiger partial charge in [0.25, 0.3) is 0 Å². The minimum absolute atomic E-state index is 0.0622. The molecule has 1 N–H and O–H groups in total. The van der Waals surface area contributed by atoms with Crippen molar-refractivity contribution in [2.75, 3.05) is 21.3 Å². The van der Waals surface area contributed by atoms with E-state index in [1.54, 1.807) is 14.2 Å². The molecule has 0 aliphatic heterocycles. The van der Waals surface area contributed by atoms with Gasteiger partial charge in [-0.05, 0) is 45.7 Å². The van der Waals surface area contributed by atoms with E-state index in [0.29, 0.717) is 11.9 Å². The number of aromatic nitrogens is 1. The van der Waals surface area contributed by atoms with Crippen LogP contribution in [0.15, 0.2) is 18.3 Å². The molecule has 4 heteroatoms. The van der Waals surface area contributed by atoms with E-state index in [1.165, 1.54) is 5.56 Å². The molecule has 0 aromatic carbocycles. The Morgan fingerprint density at radius 1 is 1.32 bits per heavy atom. The number of nitrogens with one attached hydrogen (secondary N) is 1. The van der Waals surface area contributed by atoms with Gasteiger partial charge in [0, 0.05) is 25.4 Å². The summed E-state index contributed by atoms with van der Waals surface area (Å²) in [5, 5.41) is 3.36. The Labute approximate surface area is 116 Å². The van der Waals surface area contributed by atoms with Crippen LogP contribution in [0.2, 0.25) is 0 Å². The van der Waals surface area contributed by atoms with Crippen molar-refractivity contribution >= 4 is 0 Å². The van der Waals surface area contributed by atoms with E-state index < -0.39 is 0 Å². The Morgan fingerprint density at radius 3 is 2.53 bits per heavy atom. The first-order valence-corrected chi connectivity index (χ1v) is 6.72. The number of ether oxygens (including phenoxy) is 2. The molecule has 4 nitrogen and oxygen atoms in total. The summed E-state index contributed by atoms with van der Waals surface area (Å²) < 4.78 is 10.5. The SMILES string of the molecule is CNC(CCC(C)(C)OC)Cc1ccc(OC)nc1. The van der Waals surface area contributed by atoms with E-state index >= 15 is 0 Å². The molecular formula is C15H26N2O2. The average Bonchev–Trinajstić information content (AvgIpc) is 2.44. The van der Waals surface area contributed by atoms with Crippen LogP contribution in [-0.2, 0) is 11.2 Å². The lowest BCUT2D eigenvalue weighted by Gasteiger charge is -2.25. The Morgan fingerprint density at radius 2 is 2.05 bits per heavy atom. The van der Waals surface area contributed by atoms with Crippen molar-refractivity contribution in [3.63, 3.8) is 0 Å². The summed E-state index contributed by atoms with van der Waals surface area (Å²) in [6.07, 6.45) is 4.94. The second-order valence-electron chi connectivity index (χ2n) is 5.40. The number of rotatable bonds is 8. The predicted molar refractivity (Wildman–Crippen MR) is 77.7 cm³/mol. The zero-order chi connectivity index (χ0) is 14.3. The molecule has 0 amide bonds. The van der Waals surface area contributed by atoms with Crippen molar-refractivity contribution in [2.45, 2.75) is 44.8 Å². The molecule has 19 heavy (non-hydrogen) atoms. The molecule has 1 rings (SSSR count). The van der Waals surface area contributed by atoms with Gasteiger partial charge in [-0.15, -0.1) is 0 Å². The van der Waals surface area contributed by atoms with Crippen LogP contribution in [0, 0.1) is 0 Å². The quantitative estimate of drug-likeness (QED) is 0.785. The number of likely N-dealkylation sites (N-methyl/N-ethyl adjacent to an activating group) is 1. The van der Waals surface area contributed by atoms with Gasteiger partial charge in [-0.2, -0.15) is 0 Å². The first kappa shape index (κ1) is 15.9. The molecule has 0 aliphatic rings. The van der Waals surface area contributed by atoms with Crippen molar-refractivity contribution in [1.82, 2.24) is 10.3 Å². The standard InChI is InChI=1S/C15H26N2O2/c1-15(2,19-5)9-8-13(16-3)10-12-6-7-14(18-4)17-11-12/h6-7,11,13,16H,8-10H2,1-5H3. The summed E-state index contributed by atoms with van der Waals surface area (Å²) in [6.45, 7) is 4.24. The molecule has 0 spiro atoms. The minimum Gasteiger partial charge on any atom is -0.481 e. The van der Waals surface area contributed by atoms with Crippen molar-refractivity contribution in [1.29, 1.82) is 0 Å². The molecule has 1 unspecified atom stereocenters. The largest absolute Gasteiger partial charge is 0.481 e. The molecular weight excluding hydrogens is 240 g/mol. The van der Waals surface area contributed by atoms with Gasteiger partial charge in [0.05, 0.1) is 12.7 Å². The van der Waals surface area contributed by atoms with Crippen LogP contribution in [-0.4, -0.2) is 37.9 Å². The van der Waals surface area contributed by atoms with Gasteiger partial charge in [-0.1, -0.05) is 6.07 Å². The first-order chi connectivity index (χ1) is 9.00. The third kappa shape index (κ3) is 5.57. The van der Waals surface area contributed by atoms with E-state index in [-0.39, 0.29) is 5.60 Å². The Bertz CT molecular complexity index is 363. The maximum Gasteiger partial charge on any atom is 0.212 e. The lowest BCUT2D eigenvalue weighted by atomic mass is 9.96. The number of methoxy groups -OCH3 is 2. The molecule has 1 aromatic heterocycles. The third-order valence-corrected chi connectivity index (χ3v) is 3.54. The summed E-state index contributed by atoms with van der Waals surface area (Å²) in [5.41, 5.74) is 1.16. The van der Waals surface area contributed by atoms with Gasteiger partial charge in [0.2, 0.25) is 5.88 Å². The number of hydrogen-bond acceptors (Lipinski definition) is 4. The topological polar surface area (TPSA) is 43.4 Å². The highest BCUT2D eigenvalue weighted by molar-refractivity contribution is 5.18. The van der Waals surface area contributed by atoms with E-state index in [2.05, 4.69) is 30.2 Å². The lowest BCUT2D eigenvalue weighted by molar-refractivity contribution is 0.0119. The summed E-state index contributed by atoms with van der Waals surface area (Å²) >= 11 is 0. The van der Waals surface area contributed by atoms with Crippen LogP contribution in [0.1, 0.15) is 32.3 Å². The minimum atomic E-state index is -0.0622. The molecule has 1 heterocycles. The third-order valence-electron chi connectivity index (χ3n) is 3.54. The van der Waals surface area contributed by atoms with Gasteiger partial charge in [-0.3, -0.25) is 0 Å². The fourth-order valence-corrected chi connectivity index (χ4v) is 1.91. The Kier molecular flexibility index (Phi) is 6.25. The highest BCUT2D eigenvalue weighted by Crippen LogP contribution is 2.18. The maximum atomic E-state index is 5.46. The zero-order valence-electron chi connectivity index (χ0n) is 12.7. The van der Waals surface area contributed by atoms with Crippen LogP contribution < -0.4 is 10.1 Å². The molecule has 0 saturated heterocycles.